The summed E-state index contributed by atoms with van der Waals surface area (Å²) in [6, 6.07) is 4.14. The average Bonchev–Trinajstić information content (AvgIpc) is 2.72. The lowest BCUT2D eigenvalue weighted by Crippen LogP contribution is -2.44. The number of carbonyl (C=O) groups excluding carboxylic acids is 1. The molecule has 1 aliphatic carbocycles. The first-order valence-electron chi connectivity index (χ1n) is 7.10. The van der Waals surface area contributed by atoms with Crippen LogP contribution < -0.4 is 5.32 Å². The lowest BCUT2D eigenvalue weighted by Gasteiger charge is -2.30. The molecule has 0 aliphatic heterocycles. The van der Waals surface area contributed by atoms with E-state index in [9.17, 15) is 9.59 Å². The number of nitrogens with zero attached hydrogens (tertiary/aromatic N) is 1. The van der Waals surface area contributed by atoms with Gasteiger partial charge in [0.15, 0.2) is 0 Å². The van der Waals surface area contributed by atoms with Gasteiger partial charge in [0, 0.05) is 24.2 Å². The summed E-state index contributed by atoms with van der Waals surface area (Å²) in [6.45, 7) is 3.70. The van der Waals surface area contributed by atoms with E-state index in [0.29, 0.717) is 18.2 Å². The van der Waals surface area contributed by atoms with Crippen LogP contribution in [0.3, 0.4) is 0 Å². The number of hydrogen-bond donors (Lipinski definition) is 2. The second-order valence-electron chi connectivity index (χ2n) is 6.12. The van der Waals surface area contributed by atoms with Crippen LogP contribution in [0.5, 0.6) is 0 Å². The number of rotatable bonds is 6. The van der Waals surface area contributed by atoms with E-state index in [2.05, 4.69) is 5.32 Å². The first-order chi connectivity index (χ1) is 9.39. The summed E-state index contributed by atoms with van der Waals surface area (Å²) >= 11 is 0. The zero-order valence-electron chi connectivity index (χ0n) is 12.1. The largest absolute Gasteiger partial charge is 0.481 e. The molecular weight excluding hydrogens is 256 g/mol. The fraction of sp³-hybridized carbons (Fsp3) is 0.600. The van der Waals surface area contributed by atoms with Gasteiger partial charge in [0.2, 0.25) is 0 Å². The third-order valence-electron chi connectivity index (χ3n) is 3.90. The Morgan fingerprint density at radius 1 is 1.45 bits per heavy atom. The zero-order chi connectivity index (χ0) is 14.8. The molecule has 2 rings (SSSR count). The number of carbonyl (C=O) groups is 2. The maximum atomic E-state index is 12.4. The lowest BCUT2D eigenvalue weighted by molar-refractivity contribution is -0.137. The molecule has 20 heavy (non-hydrogen) atoms. The number of aromatic nitrogens is 1. The Bertz CT molecular complexity index is 501. The molecule has 1 fully saturated rings. The summed E-state index contributed by atoms with van der Waals surface area (Å²) in [5.41, 5.74) is 0.141. The summed E-state index contributed by atoms with van der Waals surface area (Å²) < 4.78 is 2.03. The number of aliphatic carboxylic acids is 1. The number of hydrogen-bond acceptors (Lipinski definition) is 2. The minimum atomic E-state index is -0.842. The second kappa shape index (κ2) is 5.69. The van der Waals surface area contributed by atoms with Crippen LogP contribution in [0.4, 0.5) is 0 Å². The summed E-state index contributed by atoms with van der Waals surface area (Å²) in [6.07, 6.45) is 5.88. The Kier molecular flexibility index (Phi) is 4.16. The molecule has 0 atom stereocenters. The Morgan fingerprint density at radius 2 is 2.15 bits per heavy atom. The van der Waals surface area contributed by atoms with Gasteiger partial charge >= 0.3 is 5.97 Å². The Hall–Kier alpha value is -1.78. The van der Waals surface area contributed by atoms with Crippen LogP contribution in [0.2, 0.25) is 0 Å². The molecule has 1 aliphatic rings. The van der Waals surface area contributed by atoms with Crippen LogP contribution in [0, 0.1) is 0 Å². The molecule has 1 saturated carbocycles. The van der Waals surface area contributed by atoms with Gasteiger partial charge in [0.05, 0.1) is 0 Å². The molecule has 110 valence electrons. The third-order valence-corrected chi connectivity index (χ3v) is 3.90. The van der Waals surface area contributed by atoms with Crippen molar-refractivity contribution in [2.45, 2.75) is 57.5 Å². The van der Waals surface area contributed by atoms with E-state index in [1.165, 1.54) is 6.42 Å². The van der Waals surface area contributed by atoms with Crippen LogP contribution in [0.1, 0.15) is 62.5 Å². The molecule has 0 unspecified atom stereocenters. The Morgan fingerprint density at radius 3 is 2.70 bits per heavy atom. The molecule has 1 aromatic heterocycles. The van der Waals surface area contributed by atoms with Gasteiger partial charge in [-0.15, -0.1) is 0 Å². The van der Waals surface area contributed by atoms with Gasteiger partial charge in [-0.3, -0.25) is 9.59 Å². The number of nitrogens with one attached hydrogen (secondary N) is 1. The van der Waals surface area contributed by atoms with Gasteiger partial charge in [-0.25, -0.2) is 0 Å². The maximum Gasteiger partial charge on any atom is 0.303 e. The fourth-order valence-electron chi connectivity index (χ4n) is 2.42. The van der Waals surface area contributed by atoms with Gasteiger partial charge in [0.1, 0.15) is 5.69 Å². The molecule has 0 spiro atoms. The summed E-state index contributed by atoms with van der Waals surface area (Å²) in [7, 11) is 0. The summed E-state index contributed by atoms with van der Waals surface area (Å²) in [4.78, 5) is 23.0. The van der Waals surface area contributed by atoms with E-state index >= 15 is 0 Å². The van der Waals surface area contributed by atoms with E-state index in [0.717, 1.165) is 12.8 Å². The van der Waals surface area contributed by atoms with Crippen LogP contribution in [-0.4, -0.2) is 27.1 Å². The third kappa shape index (κ3) is 3.40. The highest BCUT2D eigenvalue weighted by Crippen LogP contribution is 2.32. The standard InChI is InChI=1S/C15H22N2O3/c1-15(2,9-8-13(18)19)16-14(20)12-7-4-10-17(12)11-5-3-6-11/h4,7,10-11H,3,5-6,8-9H2,1-2H3,(H,16,20)(H,18,19). The van der Waals surface area contributed by atoms with Crippen molar-refractivity contribution in [2.75, 3.05) is 0 Å². The molecular formula is C15H22N2O3. The molecule has 5 nitrogen and oxygen atoms in total. The van der Waals surface area contributed by atoms with E-state index in [-0.39, 0.29) is 12.3 Å². The van der Waals surface area contributed by atoms with Crippen molar-refractivity contribution >= 4 is 11.9 Å². The molecule has 0 saturated heterocycles. The predicted molar refractivity (Wildman–Crippen MR) is 75.7 cm³/mol. The Balaban J connectivity index is 2.00. The van der Waals surface area contributed by atoms with Crippen LogP contribution in [0.15, 0.2) is 18.3 Å². The quantitative estimate of drug-likeness (QED) is 0.840. The highest BCUT2D eigenvalue weighted by atomic mass is 16.4. The molecule has 1 aromatic rings. The first-order valence-corrected chi connectivity index (χ1v) is 7.10. The monoisotopic (exact) mass is 278 g/mol. The predicted octanol–water partition coefficient (Wildman–Crippen LogP) is 2.59. The molecule has 5 heteroatoms. The van der Waals surface area contributed by atoms with Crippen molar-refractivity contribution in [3.63, 3.8) is 0 Å². The minimum Gasteiger partial charge on any atom is -0.481 e. The summed E-state index contributed by atoms with van der Waals surface area (Å²) in [5, 5.41) is 11.7. The van der Waals surface area contributed by atoms with Crippen molar-refractivity contribution in [3.05, 3.63) is 24.0 Å². The first kappa shape index (κ1) is 14.6. The normalized spacial score (nSPS) is 15.7. The molecule has 1 amide bonds. The summed E-state index contributed by atoms with van der Waals surface area (Å²) in [5.74, 6) is -0.970. The van der Waals surface area contributed by atoms with Crippen LogP contribution in [0.25, 0.3) is 0 Å². The van der Waals surface area contributed by atoms with E-state index in [4.69, 9.17) is 5.11 Å². The zero-order valence-corrected chi connectivity index (χ0v) is 12.1. The second-order valence-corrected chi connectivity index (χ2v) is 6.12. The van der Waals surface area contributed by atoms with Gasteiger partial charge in [0.25, 0.3) is 5.91 Å². The number of carboxylic acids is 1. The lowest BCUT2D eigenvalue weighted by atomic mass is 9.92. The van der Waals surface area contributed by atoms with Gasteiger partial charge in [-0.2, -0.15) is 0 Å². The van der Waals surface area contributed by atoms with Crippen molar-refractivity contribution in [3.8, 4) is 0 Å². The maximum absolute atomic E-state index is 12.4. The number of amides is 1. The van der Waals surface area contributed by atoms with Crippen molar-refractivity contribution < 1.29 is 14.7 Å². The molecule has 0 radical (unpaired) electrons. The van der Waals surface area contributed by atoms with Gasteiger partial charge in [-0.05, 0) is 51.7 Å². The number of carboxylic acid groups (broad SMARTS) is 1. The molecule has 0 aromatic carbocycles. The van der Waals surface area contributed by atoms with Crippen molar-refractivity contribution in [2.24, 2.45) is 0 Å². The van der Waals surface area contributed by atoms with E-state index in [1.54, 1.807) is 0 Å². The van der Waals surface area contributed by atoms with E-state index < -0.39 is 11.5 Å². The SMILES string of the molecule is CC(C)(CCC(=O)O)NC(=O)c1cccn1C1CCC1. The van der Waals surface area contributed by atoms with Crippen molar-refractivity contribution in [1.29, 1.82) is 0 Å². The topological polar surface area (TPSA) is 71.3 Å². The average molecular weight is 278 g/mol. The van der Waals surface area contributed by atoms with Crippen LogP contribution in [-0.2, 0) is 4.79 Å². The Labute approximate surface area is 119 Å². The minimum absolute atomic E-state index is 0.0525. The molecule has 2 N–H and O–H groups in total. The van der Waals surface area contributed by atoms with Gasteiger partial charge in [-0.1, -0.05) is 0 Å². The van der Waals surface area contributed by atoms with Crippen molar-refractivity contribution in [1.82, 2.24) is 9.88 Å². The van der Waals surface area contributed by atoms with Crippen LogP contribution >= 0.6 is 0 Å². The highest BCUT2D eigenvalue weighted by molar-refractivity contribution is 5.93. The van der Waals surface area contributed by atoms with E-state index in [1.807, 2.05) is 36.7 Å². The fourth-order valence-corrected chi connectivity index (χ4v) is 2.42. The highest BCUT2D eigenvalue weighted by Gasteiger charge is 2.26. The molecule has 1 heterocycles. The molecule has 0 bridgehead atoms. The smallest absolute Gasteiger partial charge is 0.303 e. The van der Waals surface area contributed by atoms with Gasteiger partial charge < -0.3 is 15.0 Å².